The van der Waals surface area contributed by atoms with E-state index in [2.05, 4.69) is 21.2 Å². The number of benzene rings is 3. The summed E-state index contributed by atoms with van der Waals surface area (Å²) in [6.07, 6.45) is 0. The van der Waals surface area contributed by atoms with Gasteiger partial charge in [0.1, 0.15) is 18.2 Å². The Balaban J connectivity index is 1.56. The fourth-order valence-electron chi connectivity index (χ4n) is 5.24. The number of nitro groups is 1. The number of ether oxygens (including phenoxy) is 1. The van der Waals surface area contributed by atoms with E-state index in [1.807, 2.05) is 6.07 Å². The number of nitrogens with zero attached hydrogens (tertiary/aromatic N) is 2. The van der Waals surface area contributed by atoms with Gasteiger partial charge in [-0.2, -0.15) is 0 Å². The summed E-state index contributed by atoms with van der Waals surface area (Å²) < 4.78 is 20.1. The molecule has 0 bridgehead atoms. The van der Waals surface area contributed by atoms with Crippen molar-refractivity contribution in [3.8, 4) is 5.75 Å². The number of fused-ring (bicyclic) bond motifs is 2. The number of halogens is 2. The maximum absolute atomic E-state index is 13.3. The first-order chi connectivity index (χ1) is 16.3. The molecule has 1 saturated heterocycles. The lowest BCUT2D eigenvalue weighted by Gasteiger charge is -2.30. The topological polar surface area (TPSA) is 84.7 Å². The van der Waals surface area contributed by atoms with Crippen LogP contribution in [0.3, 0.4) is 0 Å². The molecular weight excluding hydrogens is 505 g/mol. The van der Waals surface area contributed by atoms with Crippen LogP contribution in [0.5, 0.6) is 5.75 Å². The first-order valence-electron chi connectivity index (χ1n) is 10.7. The molecule has 7 nitrogen and oxygen atoms in total. The molecule has 0 saturated carbocycles. The summed E-state index contributed by atoms with van der Waals surface area (Å²) >= 11 is 3.47. The van der Waals surface area contributed by atoms with Gasteiger partial charge in [-0.1, -0.05) is 46.3 Å². The van der Waals surface area contributed by atoms with E-state index in [9.17, 15) is 19.3 Å². The Morgan fingerprint density at radius 3 is 2.68 bits per heavy atom. The lowest BCUT2D eigenvalue weighted by Crippen LogP contribution is -2.54. The third-order valence-corrected chi connectivity index (χ3v) is 7.21. The molecule has 2 heterocycles. The second-order valence-electron chi connectivity index (χ2n) is 8.58. The summed E-state index contributed by atoms with van der Waals surface area (Å²) in [5.41, 5.74) is 1.18. The van der Waals surface area contributed by atoms with Crippen LogP contribution < -0.4 is 10.1 Å². The Hall–Kier alpha value is -3.30. The molecule has 3 atom stereocenters. The van der Waals surface area contributed by atoms with E-state index in [1.165, 1.54) is 12.1 Å². The predicted molar refractivity (Wildman–Crippen MR) is 128 cm³/mol. The van der Waals surface area contributed by atoms with Crippen molar-refractivity contribution in [2.75, 3.05) is 18.9 Å². The maximum atomic E-state index is 13.3. The molecule has 0 aromatic heterocycles. The zero-order valence-electron chi connectivity index (χ0n) is 18.2. The predicted octanol–water partition coefficient (Wildman–Crippen LogP) is 4.69. The third-order valence-electron chi connectivity index (χ3n) is 6.72. The number of hydrogen-bond acceptors (Lipinski definition) is 5. The highest BCUT2D eigenvalue weighted by atomic mass is 79.9. The molecule has 1 amide bonds. The summed E-state index contributed by atoms with van der Waals surface area (Å²) in [5.74, 6) is -0.861. The smallest absolute Gasteiger partial charge is 0.256 e. The van der Waals surface area contributed by atoms with E-state index in [0.29, 0.717) is 22.6 Å². The van der Waals surface area contributed by atoms with Gasteiger partial charge in [0.25, 0.3) is 11.9 Å². The number of nitrogens with one attached hydrogen (secondary N) is 1. The van der Waals surface area contributed by atoms with Gasteiger partial charge in [0, 0.05) is 32.8 Å². The van der Waals surface area contributed by atoms with Crippen molar-refractivity contribution in [2.45, 2.75) is 24.1 Å². The monoisotopic (exact) mass is 525 g/mol. The molecule has 2 aliphatic rings. The van der Waals surface area contributed by atoms with Crippen LogP contribution in [0.15, 0.2) is 71.2 Å². The van der Waals surface area contributed by atoms with Gasteiger partial charge >= 0.3 is 0 Å². The Bertz CT molecular complexity index is 1290. The van der Waals surface area contributed by atoms with Crippen LogP contribution in [0.4, 0.5) is 10.1 Å². The van der Waals surface area contributed by atoms with Crippen molar-refractivity contribution in [1.82, 2.24) is 4.90 Å². The number of rotatable bonds is 5. The van der Waals surface area contributed by atoms with Gasteiger partial charge in [0.2, 0.25) is 0 Å². The first-order valence-corrected chi connectivity index (χ1v) is 11.5. The highest BCUT2D eigenvalue weighted by molar-refractivity contribution is 9.10. The molecule has 34 heavy (non-hydrogen) atoms. The van der Waals surface area contributed by atoms with Crippen LogP contribution in [-0.4, -0.2) is 35.4 Å². The van der Waals surface area contributed by atoms with Crippen molar-refractivity contribution in [3.05, 3.63) is 104 Å². The first kappa shape index (κ1) is 22.5. The fraction of sp³-hybridized carbons (Fsp3) is 0.240. The molecular formula is C25H21BrFN3O4. The van der Waals surface area contributed by atoms with Crippen LogP contribution in [0, 0.1) is 15.9 Å². The minimum atomic E-state index is -1.43. The third kappa shape index (κ3) is 3.47. The zero-order chi connectivity index (χ0) is 24.0. The van der Waals surface area contributed by atoms with Gasteiger partial charge in [0.05, 0.1) is 5.92 Å². The number of carbonyl (C=O) groups is 1. The van der Waals surface area contributed by atoms with Gasteiger partial charge in [-0.25, -0.2) is 4.39 Å². The van der Waals surface area contributed by atoms with Crippen molar-refractivity contribution >= 4 is 27.5 Å². The zero-order valence-corrected chi connectivity index (χ0v) is 19.8. The molecule has 9 heteroatoms. The number of amides is 1. The summed E-state index contributed by atoms with van der Waals surface area (Å²) in [6.45, 7) is 0.464. The van der Waals surface area contributed by atoms with Gasteiger partial charge in [-0.15, -0.1) is 0 Å². The Morgan fingerprint density at radius 2 is 1.94 bits per heavy atom. The molecule has 0 unspecified atom stereocenters. The van der Waals surface area contributed by atoms with E-state index in [-0.39, 0.29) is 23.9 Å². The van der Waals surface area contributed by atoms with Crippen molar-refractivity contribution in [3.63, 3.8) is 0 Å². The van der Waals surface area contributed by atoms with Crippen LogP contribution in [-0.2, 0) is 16.9 Å². The normalized spacial score (nSPS) is 23.7. The molecule has 1 fully saturated rings. The van der Waals surface area contributed by atoms with E-state index < -0.39 is 23.4 Å². The molecule has 2 aliphatic heterocycles. The Morgan fingerprint density at radius 1 is 1.21 bits per heavy atom. The average molecular weight is 526 g/mol. The molecule has 5 rings (SSSR count). The highest BCUT2D eigenvalue weighted by Gasteiger charge is 2.68. The number of hydrogen-bond donors (Lipinski definition) is 1. The summed E-state index contributed by atoms with van der Waals surface area (Å²) in [5, 5.41) is 15.4. The molecule has 174 valence electrons. The highest BCUT2D eigenvalue weighted by Crippen LogP contribution is 2.53. The lowest BCUT2D eigenvalue weighted by molar-refractivity contribution is -0.534. The van der Waals surface area contributed by atoms with E-state index in [1.54, 1.807) is 60.5 Å². The fourth-order valence-corrected chi connectivity index (χ4v) is 5.62. The van der Waals surface area contributed by atoms with Crippen molar-refractivity contribution in [2.24, 2.45) is 0 Å². The van der Waals surface area contributed by atoms with Crippen molar-refractivity contribution < 1.29 is 18.8 Å². The lowest BCUT2D eigenvalue weighted by atomic mass is 9.79. The summed E-state index contributed by atoms with van der Waals surface area (Å²) in [7, 11) is 1.75. The summed E-state index contributed by atoms with van der Waals surface area (Å²) in [4.78, 5) is 27.3. The van der Waals surface area contributed by atoms with E-state index >= 15 is 0 Å². The minimum Gasteiger partial charge on any atom is -0.489 e. The second kappa shape index (κ2) is 8.48. The molecule has 0 radical (unpaired) electrons. The Labute approximate surface area is 203 Å². The molecule has 1 N–H and O–H groups in total. The van der Waals surface area contributed by atoms with E-state index in [0.717, 1.165) is 10.0 Å². The van der Waals surface area contributed by atoms with Crippen LogP contribution in [0.2, 0.25) is 0 Å². The number of anilines is 1. The van der Waals surface area contributed by atoms with Gasteiger partial charge in [0.15, 0.2) is 5.54 Å². The van der Waals surface area contributed by atoms with Gasteiger partial charge < -0.3 is 10.1 Å². The minimum absolute atomic E-state index is 0.176. The number of likely N-dealkylation sites (tertiary alicyclic amines) is 1. The molecule has 3 aromatic carbocycles. The second-order valence-corrected chi connectivity index (χ2v) is 9.50. The maximum Gasteiger partial charge on any atom is 0.256 e. The van der Waals surface area contributed by atoms with Gasteiger partial charge in [-0.3, -0.25) is 19.8 Å². The van der Waals surface area contributed by atoms with Crippen LogP contribution >= 0.6 is 15.9 Å². The van der Waals surface area contributed by atoms with Crippen molar-refractivity contribution in [1.29, 1.82) is 0 Å². The quantitative estimate of drug-likeness (QED) is 0.385. The Kier molecular flexibility index (Phi) is 5.61. The number of para-hydroxylation sites is 1. The van der Waals surface area contributed by atoms with Crippen LogP contribution in [0.1, 0.15) is 22.6 Å². The molecule has 1 spiro atoms. The number of carbonyl (C=O) groups excluding carboxylic acids is 1. The van der Waals surface area contributed by atoms with Gasteiger partial charge in [-0.05, 0) is 49.0 Å². The summed E-state index contributed by atoms with van der Waals surface area (Å²) in [6, 6.07) is 17.2. The molecule has 3 aromatic rings. The SMILES string of the molecule is CN1C[C@H](c2cc(Br)ccc2OCc2ccc(F)cc2)[C@H]([N+](=O)[O-])[C@@]12C(=O)Nc1ccccc12. The standard InChI is InChI=1S/C25H21BrFN3O4/c1-29-13-19(23(30(32)33)25(29)20-4-2-3-5-21(20)28-24(25)31)18-12-16(26)8-11-22(18)34-14-15-6-9-17(27)10-7-15/h2-12,19,23H,13-14H2,1H3,(H,28,31)/t19-,23+,25+/m1/s1. The number of likely N-dealkylation sites (N-methyl/N-ethyl adjacent to an activating group) is 1. The van der Waals surface area contributed by atoms with E-state index in [4.69, 9.17) is 4.74 Å². The molecule has 0 aliphatic carbocycles. The average Bonchev–Trinajstić information content (AvgIpc) is 3.29. The largest absolute Gasteiger partial charge is 0.489 e. The van der Waals surface area contributed by atoms with Crippen LogP contribution in [0.25, 0.3) is 0 Å².